The molecule has 2 aromatic heterocycles. The van der Waals surface area contributed by atoms with Gasteiger partial charge in [0.1, 0.15) is 0 Å². The average Bonchev–Trinajstić information content (AvgIpc) is 3.04. The third-order valence-corrected chi connectivity index (χ3v) is 4.87. The van der Waals surface area contributed by atoms with Crippen molar-refractivity contribution >= 4 is 49.6 Å². The third kappa shape index (κ3) is 3.14. The minimum absolute atomic E-state index is 0.204. The zero-order chi connectivity index (χ0) is 17.2. The molecule has 0 fully saturated rings. The van der Waals surface area contributed by atoms with E-state index in [9.17, 15) is 4.79 Å². The van der Waals surface area contributed by atoms with Crippen LogP contribution in [0.15, 0.2) is 60.8 Å². The molecule has 5 heteroatoms. The van der Waals surface area contributed by atoms with Crippen molar-refractivity contribution in [1.82, 2.24) is 9.97 Å². The number of aryl methyl sites for hydroxylation is 1. The first-order chi connectivity index (χ1) is 12.2. The van der Waals surface area contributed by atoms with Gasteiger partial charge >= 0.3 is 0 Å². The van der Waals surface area contributed by atoms with Gasteiger partial charge in [-0.3, -0.25) is 15.1 Å². The Morgan fingerprint density at radius 2 is 1.92 bits per heavy atom. The SMILES string of the molecule is Cc1cccc2sc(NC(=O)/C=C/c3cccc4cccnc34)nc12. The van der Waals surface area contributed by atoms with E-state index in [-0.39, 0.29) is 5.91 Å². The summed E-state index contributed by atoms with van der Waals surface area (Å²) in [6.07, 6.45) is 5.05. The molecular weight excluding hydrogens is 330 g/mol. The predicted octanol–water partition coefficient (Wildman–Crippen LogP) is 4.80. The van der Waals surface area contributed by atoms with Gasteiger partial charge in [0.15, 0.2) is 5.13 Å². The van der Waals surface area contributed by atoms with Crippen LogP contribution in [0.25, 0.3) is 27.2 Å². The molecule has 0 saturated carbocycles. The fraction of sp³-hybridized carbons (Fsp3) is 0.0500. The van der Waals surface area contributed by atoms with Crippen LogP contribution in [0.2, 0.25) is 0 Å². The largest absolute Gasteiger partial charge is 0.298 e. The number of hydrogen-bond acceptors (Lipinski definition) is 4. The molecular formula is C20H15N3OS. The molecule has 0 radical (unpaired) electrons. The lowest BCUT2D eigenvalue weighted by molar-refractivity contribution is -0.111. The number of benzene rings is 2. The van der Waals surface area contributed by atoms with E-state index < -0.39 is 0 Å². The van der Waals surface area contributed by atoms with Gasteiger partial charge in [0, 0.05) is 23.2 Å². The fourth-order valence-corrected chi connectivity index (χ4v) is 3.66. The summed E-state index contributed by atoms with van der Waals surface area (Å²) in [7, 11) is 0. The van der Waals surface area contributed by atoms with Crippen LogP contribution >= 0.6 is 11.3 Å². The summed E-state index contributed by atoms with van der Waals surface area (Å²) in [6, 6.07) is 15.8. The van der Waals surface area contributed by atoms with Gasteiger partial charge < -0.3 is 0 Å². The van der Waals surface area contributed by atoms with Crippen LogP contribution in [0.1, 0.15) is 11.1 Å². The standard InChI is InChI=1S/C20H15N3OS/c1-13-5-2-9-16-18(13)23-20(25-16)22-17(24)11-10-15-7-3-6-14-8-4-12-21-19(14)15/h2-12H,1H3,(H,22,23,24)/b11-10+. The molecule has 1 N–H and O–H groups in total. The summed E-state index contributed by atoms with van der Waals surface area (Å²) < 4.78 is 1.07. The fourth-order valence-electron chi connectivity index (χ4n) is 2.71. The first-order valence-electron chi connectivity index (χ1n) is 7.90. The van der Waals surface area contributed by atoms with Crippen molar-refractivity contribution in [2.45, 2.75) is 6.92 Å². The Morgan fingerprint density at radius 3 is 2.80 bits per heavy atom. The van der Waals surface area contributed by atoms with Crippen LogP contribution in [-0.2, 0) is 4.79 Å². The van der Waals surface area contributed by atoms with Crippen LogP contribution in [0.5, 0.6) is 0 Å². The van der Waals surface area contributed by atoms with Gasteiger partial charge in [-0.25, -0.2) is 4.98 Å². The molecule has 0 spiro atoms. The van der Waals surface area contributed by atoms with E-state index >= 15 is 0 Å². The van der Waals surface area contributed by atoms with E-state index in [4.69, 9.17) is 0 Å². The van der Waals surface area contributed by atoms with Gasteiger partial charge in [-0.05, 0) is 30.7 Å². The van der Waals surface area contributed by atoms with Gasteiger partial charge in [-0.15, -0.1) is 0 Å². The van der Waals surface area contributed by atoms with Crippen molar-refractivity contribution < 1.29 is 4.79 Å². The second-order valence-corrected chi connectivity index (χ2v) is 6.72. The Kier molecular flexibility index (Phi) is 3.99. The summed E-state index contributed by atoms with van der Waals surface area (Å²) in [6.45, 7) is 2.01. The summed E-state index contributed by atoms with van der Waals surface area (Å²) in [5.74, 6) is -0.204. The van der Waals surface area contributed by atoms with Crippen LogP contribution < -0.4 is 5.32 Å². The summed E-state index contributed by atoms with van der Waals surface area (Å²) in [5.41, 5.74) is 3.83. The number of nitrogens with zero attached hydrogens (tertiary/aromatic N) is 2. The lowest BCUT2D eigenvalue weighted by atomic mass is 10.1. The molecule has 0 bridgehead atoms. The van der Waals surface area contributed by atoms with Crippen LogP contribution in [-0.4, -0.2) is 15.9 Å². The molecule has 1 amide bonds. The first-order valence-corrected chi connectivity index (χ1v) is 8.71. The molecule has 2 heterocycles. The number of amides is 1. The number of rotatable bonds is 3. The Bertz CT molecular complexity index is 1110. The van der Waals surface area contributed by atoms with Gasteiger partial charge in [0.25, 0.3) is 0 Å². The quantitative estimate of drug-likeness (QED) is 0.542. The molecule has 4 rings (SSSR count). The highest BCUT2D eigenvalue weighted by molar-refractivity contribution is 7.22. The maximum Gasteiger partial charge on any atom is 0.250 e. The molecule has 0 atom stereocenters. The van der Waals surface area contributed by atoms with E-state index in [1.54, 1.807) is 12.3 Å². The highest BCUT2D eigenvalue weighted by Gasteiger charge is 2.07. The number of fused-ring (bicyclic) bond motifs is 2. The zero-order valence-electron chi connectivity index (χ0n) is 13.6. The second kappa shape index (κ2) is 6.45. The molecule has 0 saturated heterocycles. The van der Waals surface area contributed by atoms with E-state index in [2.05, 4.69) is 15.3 Å². The van der Waals surface area contributed by atoms with Crippen molar-refractivity contribution in [2.24, 2.45) is 0 Å². The molecule has 0 aliphatic rings. The Morgan fingerprint density at radius 1 is 1.08 bits per heavy atom. The summed E-state index contributed by atoms with van der Waals surface area (Å²) in [4.78, 5) is 21.1. The van der Waals surface area contributed by atoms with Crippen LogP contribution in [0, 0.1) is 6.92 Å². The maximum absolute atomic E-state index is 12.2. The molecule has 4 nitrogen and oxygen atoms in total. The minimum atomic E-state index is -0.204. The summed E-state index contributed by atoms with van der Waals surface area (Å²) >= 11 is 1.47. The monoisotopic (exact) mass is 345 g/mol. The van der Waals surface area contributed by atoms with Crippen molar-refractivity contribution in [3.05, 3.63) is 71.9 Å². The van der Waals surface area contributed by atoms with Crippen molar-refractivity contribution in [2.75, 3.05) is 5.32 Å². The second-order valence-electron chi connectivity index (χ2n) is 5.69. The number of hydrogen-bond donors (Lipinski definition) is 1. The van der Waals surface area contributed by atoms with Crippen molar-refractivity contribution in [1.29, 1.82) is 0 Å². The number of aromatic nitrogens is 2. The maximum atomic E-state index is 12.2. The Hall–Kier alpha value is -3.05. The molecule has 0 aliphatic carbocycles. The lowest BCUT2D eigenvalue weighted by Gasteiger charge is -2.00. The van der Waals surface area contributed by atoms with E-state index in [0.717, 1.165) is 32.2 Å². The van der Waals surface area contributed by atoms with Gasteiger partial charge in [0.2, 0.25) is 5.91 Å². The number of carbonyl (C=O) groups is 1. The third-order valence-electron chi connectivity index (χ3n) is 3.93. The van der Waals surface area contributed by atoms with Crippen LogP contribution in [0.3, 0.4) is 0 Å². The van der Waals surface area contributed by atoms with Crippen molar-refractivity contribution in [3.8, 4) is 0 Å². The number of para-hydroxylation sites is 2. The average molecular weight is 345 g/mol. The molecule has 4 aromatic rings. The lowest BCUT2D eigenvalue weighted by Crippen LogP contribution is -2.07. The van der Waals surface area contributed by atoms with Gasteiger partial charge in [-0.2, -0.15) is 0 Å². The Labute approximate surface area is 148 Å². The number of pyridine rings is 1. The number of thiazole rings is 1. The molecule has 122 valence electrons. The van der Waals surface area contributed by atoms with E-state index in [1.165, 1.54) is 17.4 Å². The van der Waals surface area contributed by atoms with Gasteiger partial charge in [0.05, 0.1) is 15.7 Å². The van der Waals surface area contributed by atoms with E-state index in [0.29, 0.717) is 5.13 Å². The molecule has 0 unspecified atom stereocenters. The predicted molar refractivity (Wildman–Crippen MR) is 104 cm³/mol. The smallest absolute Gasteiger partial charge is 0.250 e. The number of nitrogens with one attached hydrogen (secondary N) is 1. The molecule has 2 aromatic carbocycles. The number of anilines is 1. The Balaban J connectivity index is 1.56. The first kappa shape index (κ1) is 15.5. The number of carbonyl (C=O) groups excluding carboxylic acids is 1. The topological polar surface area (TPSA) is 54.9 Å². The minimum Gasteiger partial charge on any atom is -0.298 e. The van der Waals surface area contributed by atoms with Crippen LogP contribution in [0.4, 0.5) is 5.13 Å². The molecule has 0 aliphatic heterocycles. The normalized spacial score (nSPS) is 11.4. The highest BCUT2D eigenvalue weighted by Crippen LogP contribution is 2.27. The van der Waals surface area contributed by atoms with E-state index in [1.807, 2.05) is 55.5 Å². The molecule has 25 heavy (non-hydrogen) atoms. The highest BCUT2D eigenvalue weighted by atomic mass is 32.1. The van der Waals surface area contributed by atoms with Gasteiger partial charge in [-0.1, -0.05) is 47.7 Å². The summed E-state index contributed by atoms with van der Waals surface area (Å²) in [5, 5.41) is 4.49. The zero-order valence-corrected chi connectivity index (χ0v) is 14.4. The van der Waals surface area contributed by atoms with Crippen molar-refractivity contribution in [3.63, 3.8) is 0 Å².